The molecule has 1 heterocycles. The van der Waals surface area contributed by atoms with Crippen LogP contribution in [0.2, 0.25) is 0 Å². The van der Waals surface area contributed by atoms with Gasteiger partial charge >= 0.3 is 5.97 Å². The van der Waals surface area contributed by atoms with E-state index in [1.165, 1.54) is 25.7 Å². The summed E-state index contributed by atoms with van der Waals surface area (Å²) in [6.07, 6.45) is 5.05. The second-order valence-corrected chi connectivity index (χ2v) is 5.67. The summed E-state index contributed by atoms with van der Waals surface area (Å²) >= 11 is 0. The number of rotatable bonds is 4. The van der Waals surface area contributed by atoms with E-state index in [9.17, 15) is 4.79 Å². The second kappa shape index (κ2) is 4.94. The van der Waals surface area contributed by atoms with Gasteiger partial charge in [0, 0.05) is 26.1 Å². The van der Waals surface area contributed by atoms with Crippen LogP contribution in [0.4, 0.5) is 0 Å². The average molecular weight is 241 g/mol. The number of carboxylic acids is 1. The van der Waals surface area contributed by atoms with Crippen LogP contribution in [0.15, 0.2) is 0 Å². The topological polar surface area (TPSA) is 49.8 Å². The number of methoxy groups -OCH3 is 1. The van der Waals surface area contributed by atoms with Crippen molar-refractivity contribution in [2.24, 2.45) is 11.3 Å². The predicted molar refractivity (Wildman–Crippen MR) is 64.9 cm³/mol. The van der Waals surface area contributed by atoms with Crippen molar-refractivity contribution in [3.05, 3.63) is 0 Å². The molecule has 0 aromatic rings. The van der Waals surface area contributed by atoms with Gasteiger partial charge in [0.2, 0.25) is 0 Å². The van der Waals surface area contributed by atoms with Crippen LogP contribution in [0.25, 0.3) is 0 Å². The van der Waals surface area contributed by atoms with E-state index in [1.807, 2.05) is 0 Å². The Morgan fingerprint density at radius 2 is 2.18 bits per heavy atom. The van der Waals surface area contributed by atoms with Gasteiger partial charge in [-0.2, -0.15) is 0 Å². The van der Waals surface area contributed by atoms with Crippen molar-refractivity contribution in [1.82, 2.24) is 4.90 Å². The minimum absolute atomic E-state index is 0.333. The fourth-order valence-corrected chi connectivity index (χ4v) is 3.60. The minimum atomic E-state index is -0.712. The van der Waals surface area contributed by atoms with Crippen molar-refractivity contribution in [2.45, 2.75) is 38.6 Å². The molecule has 0 unspecified atom stereocenters. The molecule has 1 saturated carbocycles. The van der Waals surface area contributed by atoms with E-state index in [4.69, 9.17) is 9.84 Å². The highest BCUT2D eigenvalue weighted by molar-refractivity contribution is 5.72. The molecule has 1 spiro atoms. The first-order chi connectivity index (χ1) is 8.09. The summed E-state index contributed by atoms with van der Waals surface area (Å²) in [5.41, 5.74) is 0.333. The van der Waals surface area contributed by atoms with Crippen LogP contribution >= 0.6 is 0 Å². The maximum absolute atomic E-state index is 11.1. The lowest BCUT2D eigenvalue weighted by atomic mass is 9.77. The zero-order valence-corrected chi connectivity index (χ0v) is 10.8. The molecule has 1 aliphatic carbocycles. The van der Waals surface area contributed by atoms with Crippen LogP contribution in [0, 0.1) is 11.3 Å². The van der Waals surface area contributed by atoms with E-state index in [0.717, 1.165) is 19.7 Å². The summed E-state index contributed by atoms with van der Waals surface area (Å²) in [6, 6.07) is -0.366. The molecule has 4 heteroatoms. The summed E-state index contributed by atoms with van der Waals surface area (Å²) < 4.78 is 5.33. The fourth-order valence-electron chi connectivity index (χ4n) is 3.60. The number of hydrogen-bond acceptors (Lipinski definition) is 3. The first-order valence-corrected chi connectivity index (χ1v) is 6.55. The lowest BCUT2D eigenvalue weighted by molar-refractivity contribution is -0.142. The van der Waals surface area contributed by atoms with Crippen LogP contribution in [-0.2, 0) is 9.53 Å². The molecule has 2 aliphatic rings. The number of likely N-dealkylation sites (tertiary alicyclic amines) is 1. The SMILES string of the molecule is COC[C@@H]1CN([C@H](C)C(=O)O)CC12CCCC2. The van der Waals surface area contributed by atoms with Crippen molar-refractivity contribution < 1.29 is 14.6 Å². The lowest BCUT2D eigenvalue weighted by Gasteiger charge is -2.29. The molecule has 0 bridgehead atoms. The van der Waals surface area contributed by atoms with Gasteiger partial charge in [-0.3, -0.25) is 9.69 Å². The molecule has 4 nitrogen and oxygen atoms in total. The summed E-state index contributed by atoms with van der Waals surface area (Å²) in [6.45, 7) is 4.37. The molecule has 0 amide bonds. The van der Waals surface area contributed by atoms with Gasteiger partial charge in [0.05, 0.1) is 6.61 Å². The van der Waals surface area contributed by atoms with Gasteiger partial charge in [-0.1, -0.05) is 12.8 Å². The summed E-state index contributed by atoms with van der Waals surface area (Å²) in [5.74, 6) is -0.201. The zero-order valence-electron chi connectivity index (χ0n) is 10.8. The average Bonchev–Trinajstić information content (AvgIpc) is 2.88. The Balaban J connectivity index is 2.09. The fraction of sp³-hybridized carbons (Fsp3) is 0.923. The van der Waals surface area contributed by atoms with E-state index in [-0.39, 0.29) is 6.04 Å². The molecule has 0 radical (unpaired) electrons. The summed E-state index contributed by atoms with van der Waals surface area (Å²) in [7, 11) is 1.74. The van der Waals surface area contributed by atoms with E-state index >= 15 is 0 Å². The zero-order chi connectivity index (χ0) is 12.5. The second-order valence-electron chi connectivity index (χ2n) is 5.67. The van der Waals surface area contributed by atoms with Crippen molar-refractivity contribution >= 4 is 5.97 Å². The van der Waals surface area contributed by atoms with Gasteiger partial charge in [-0.25, -0.2) is 0 Å². The smallest absolute Gasteiger partial charge is 0.320 e. The Labute approximate surface area is 103 Å². The van der Waals surface area contributed by atoms with Crippen molar-refractivity contribution in [1.29, 1.82) is 0 Å². The van der Waals surface area contributed by atoms with Gasteiger partial charge in [0.25, 0.3) is 0 Å². The van der Waals surface area contributed by atoms with Crippen LogP contribution in [0.5, 0.6) is 0 Å². The van der Waals surface area contributed by atoms with Crippen LogP contribution in [0.1, 0.15) is 32.6 Å². The molecule has 1 aliphatic heterocycles. The molecule has 2 fully saturated rings. The number of nitrogens with zero attached hydrogens (tertiary/aromatic N) is 1. The minimum Gasteiger partial charge on any atom is -0.480 e. The highest BCUT2D eigenvalue weighted by Crippen LogP contribution is 2.49. The molecular weight excluding hydrogens is 218 g/mol. The van der Waals surface area contributed by atoms with Gasteiger partial charge in [-0.15, -0.1) is 0 Å². The van der Waals surface area contributed by atoms with Gasteiger partial charge in [0.15, 0.2) is 0 Å². The molecular formula is C13H23NO3. The van der Waals surface area contributed by atoms with Crippen molar-refractivity contribution in [3.8, 4) is 0 Å². The van der Waals surface area contributed by atoms with Gasteiger partial charge in [0.1, 0.15) is 6.04 Å². The molecule has 1 N–H and O–H groups in total. The lowest BCUT2D eigenvalue weighted by Crippen LogP contribution is -2.38. The first kappa shape index (κ1) is 12.8. The molecule has 0 aromatic heterocycles. The highest BCUT2D eigenvalue weighted by atomic mass is 16.5. The Hall–Kier alpha value is -0.610. The third-order valence-corrected chi connectivity index (χ3v) is 4.71. The summed E-state index contributed by atoms with van der Waals surface area (Å²) in [5, 5.41) is 9.12. The largest absolute Gasteiger partial charge is 0.480 e. The van der Waals surface area contributed by atoms with Crippen molar-refractivity contribution in [2.75, 3.05) is 26.8 Å². The third-order valence-electron chi connectivity index (χ3n) is 4.71. The Kier molecular flexibility index (Phi) is 3.73. The highest BCUT2D eigenvalue weighted by Gasteiger charge is 2.49. The van der Waals surface area contributed by atoms with E-state index in [0.29, 0.717) is 11.3 Å². The third kappa shape index (κ3) is 2.33. The van der Waals surface area contributed by atoms with E-state index < -0.39 is 5.97 Å². The number of carbonyl (C=O) groups is 1. The standard InChI is InChI=1S/C13H23NO3/c1-10(12(15)16)14-7-11(8-17-2)13(9-14)5-3-4-6-13/h10-11H,3-9H2,1-2H3,(H,15,16)/t10-,11+/m1/s1. The normalized spacial score (nSPS) is 29.9. The molecule has 17 heavy (non-hydrogen) atoms. The van der Waals surface area contributed by atoms with Gasteiger partial charge < -0.3 is 9.84 Å². The molecule has 2 rings (SSSR count). The maximum Gasteiger partial charge on any atom is 0.320 e. The Morgan fingerprint density at radius 3 is 2.71 bits per heavy atom. The Morgan fingerprint density at radius 1 is 1.53 bits per heavy atom. The van der Waals surface area contributed by atoms with E-state index in [2.05, 4.69) is 4.90 Å². The predicted octanol–water partition coefficient (Wildman–Crippen LogP) is 1.60. The molecule has 98 valence electrons. The van der Waals surface area contributed by atoms with E-state index in [1.54, 1.807) is 14.0 Å². The summed E-state index contributed by atoms with van der Waals surface area (Å²) in [4.78, 5) is 13.2. The quantitative estimate of drug-likeness (QED) is 0.812. The van der Waals surface area contributed by atoms with Crippen LogP contribution < -0.4 is 0 Å². The monoisotopic (exact) mass is 241 g/mol. The number of hydrogen-bond donors (Lipinski definition) is 1. The molecule has 2 atom stereocenters. The maximum atomic E-state index is 11.1. The van der Waals surface area contributed by atoms with Crippen LogP contribution in [-0.4, -0.2) is 48.8 Å². The number of carboxylic acid groups (broad SMARTS) is 1. The van der Waals surface area contributed by atoms with Gasteiger partial charge in [-0.05, 0) is 25.2 Å². The number of aliphatic carboxylic acids is 1. The first-order valence-electron chi connectivity index (χ1n) is 6.55. The van der Waals surface area contributed by atoms with Crippen molar-refractivity contribution in [3.63, 3.8) is 0 Å². The molecule has 1 saturated heterocycles. The Bertz CT molecular complexity index is 286. The van der Waals surface area contributed by atoms with Crippen LogP contribution in [0.3, 0.4) is 0 Å². The molecule has 0 aromatic carbocycles. The number of ether oxygens (including phenoxy) is 1.